The van der Waals surface area contributed by atoms with Crippen molar-refractivity contribution in [3.8, 4) is 0 Å². The second kappa shape index (κ2) is 4.94. The molecule has 0 saturated heterocycles. The molecule has 23 heavy (non-hydrogen) atoms. The second-order valence-corrected chi connectivity index (χ2v) is 7.87. The van der Waals surface area contributed by atoms with Crippen LogP contribution < -0.4 is 0 Å². The van der Waals surface area contributed by atoms with Gasteiger partial charge in [0, 0.05) is 11.6 Å². The molecule has 2 aromatic carbocycles. The molecule has 0 unspecified atom stereocenters. The zero-order chi connectivity index (χ0) is 16.2. The quantitative estimate of drug-likeness (QED) is 0.786. The fraction of sp³-hybridized carbons (Fsp3) is 0.222. The maximum atomic E-state index is 12.9. The van der Waals surface area contributed by atoms with Gasteiger partial charge in [0.15, 0.2) is 0 Å². The first-order valence-corrected chi connectivity index (χ1v) is 9.05. The minimum Gasteiger partial charge on any atom is -0.388 e. The molecule has 1 atom stereocenters. The Morgan fingerprint density at radius 1 is 1.09 bits per heavy atom. The highest BCUT2D eigenvalue weighted by molar-refractivity contribution is 7.90. The Labute approximate surface area is 135 Å². The molecule has 4 nitrogen and oxygen atoms in total. The van der Waals surface area contributed by atoms with Gasteiger partial charge >= 0.3 is 0 Å². The number of hydrogen-bond donors (Lipinski definition) is 1. The Kier molecular flexibility index (Phi) is 3.11. The second-order valence-electron chi connectivity index (χ2n) is 6.05. The molecule has 1 aliphatic rings. The van der Waals surface area contributed by atoms with Gasteiger partial charge in [0.2, 0.25) is 0 Å². The number of aliphatic hydroxyl groups is 1. The van der Waals surface area contributed by atoms with Crippen molar-refractivity contribution >= 4 is 20.9 Å². The Bertz CT molecular complexity index is 1000. The lowest BCUT2D eigenvalue weighted by molar-refractivity contribution is 0.180. The molecule has 5 heteroatoms. The monoisotopic (exact) mass is 327 g/mol. The number of hydrogen-bond acceptors (Lipinski definition) is 3. The van der Waals surface area contributed by atoms with E-state index in [2.05, 4.69) is 0 Å². The summed E-state index contributed by atoms with van der Waals surface area (Å²) in [6.07, 6.45) is 2.64. The van der Waals surface area contributed by atoms with Crippen molar-refractivity contribution in [1.82, 2.24) is 3.97 Å². The van der Waals surface area contributed by atoms with Crippen molar-refractivity contribution in [2.75, 3.05) is 0 Å². The van der Waals surface area contributed by atoms with Crippen LogP contribution in [0.2, 0.25) is 0 Å². The first-order valence-electron chi connectivity index (χ1n) is 7.61. The topological polar surface area (TPSA) is 59.3 Å². The molecule has 0 fully saturated rings. The van der Waals surface area contributed by atoms with Gasteiger partial charge in [-0.15, -0.1) is 0 Å². The number of aryl methyl sites for hydroxylation is 2. The average Bonchev–Trinajstić information content (AvgIpc) is 3.12. The van der Waals surface area contributed by atoms with Crippen molar-refractivity contribution in [2.45, 2.75) is 30.8 Å². The molecule has 0 aliphatic heterocycles. The van der Waals surface area contributed by atoms with Gasteiger partial charge in [-0.2, -0.15) is 0 Å². The number of fused-ring (bicyclic) bond motifs is 3. The van der Waals surface area contributed by atoms with E-state index in [0.717, 1.165) is 28.5 Å². The van der Waals surface area contributed by atoms with Gasteiger partial charge in [-0.3, -0.25) is 0 Å². The van der Waals surface area contributed by atoms with E-state index >= 15 is 0 Å². The van der Waals surface area contributed by atoms with Gasteiger partial charge < -0.3 is 5.11 Å². The third kappa shape index (κ3) is 2.11. The summed E-state index contributed by atoms with van der Waals surface area (Å²) in [7, 11) is -3.62. The number of aromatic nitrogens is 1. The van der Waals surface area contributed by atoms with Crippen molar-refractivity contribution in [1.29, 1.82) is 0 Å². The molecule has 118 valence electrons. The van der Waals surface area contributed by atoms with Crippen LogP contribution in [0.3, 0.4) is 0 Å². The number of benzene rings is 2. The Hall–Kier alpha value is -2.11. The Morgan fingerprint density at radius 2 is 1.83 bits per heavy atom. The number of nitrogens with zero attached hydrogens (tertiary/aromatic N) is 1. The van der Waals surface area contributed by atoms with Crippen LogP contribution in [-0.2, 0) is 16.4 Å². The van der Waals surface area contributed by atoms with Crippen LogP contribution in [0.1, 0.15) is 29.2 Å². The largest absolute Gasteiger partial charge is 0.388 e. The summed E-state index contributed by atoms with van der Waals surface area (Å²) in [5.74, 6) is 0. The van der Waals surface area contributed by atoms with Crippen LogP contribution in [0.15, 0.2) is 53.6 Å². The molecule has 3 aromatic rings. The fourth-order valence-corrected chi connectivity index (χ4v) is 4.68. The van der Waals surface area contributed by atoms with E-state index in [0.29, 0.717) is 11.9 Å². The van der Waals surface area contributed by atoms with Gasteiger partial charge in [0.25, 0.3) is 10.0 Å². The molecular weight excluding hydrogens is 310 g/mol. The standard InChI is InChI=1S/C18H17NO3S/c1-12-2-4-13(5-3-12)23(21,22)19-11-10-15-14-7-9-18(20)16(14)6-8-17(15)19/h2-6,8,10-11,18,20H,7,9H2,1H3/t18-/m0/s1. The lowest BCUT2D eigenvalue weighted by Crippen LogP contribution is -2.11. The van der Waals surface area contributed by atoms with E-state index in [9.17, 15) is 13.5 Å². The lowest BCUT2D eigenvalue weighted by atomic mass is 10.1. The molecule has 0 amide bonds. The fourth-order valence-electron chi connectivity index (χ4n) is 3.33. The van der Waals surface area contributed by atoms with E-state index < -0.39 is 16.1 Å². The molecule has 1 heterocycles. The van der Waals surface area contributed by atoms with Crippen molar-refractivity contribution in [3.63, 3.8) is 0 Å². The zero-order valence-electron chi connectivity index (χ0n) is 12.7. The number of rotatable bonds is 2. The maximum absolute atomic E-state index is 12.9. The Morgan fingerprint density at radius 3 is 2.57 bits per heavy atom. The highest BCUT2D eigenvalue weighted by Crippen LogP contribution is 2.37. The van der Waals surface area contributed by atoms with E-state index in [-0.39, 0.29) is 4.90 Å². The van der Waals surface area contributed by atoms with E-state index in [1.54, 1.807) is 36.5 Å². The van der Waals surface area contributed by atoms with E-state index in [1.165, 1.54) is 3.97 Å². The summed E-state index contributed by atoms with van der Waals surface area (Å²) < 4.78 is 27.1. The van der Waals surface area contributed by atoms with Crippen LogP contribution in [-0.4, -0.2) is 17.5 Å². The molecule has 0 bridgehead atoms. The van der Waals surface area contributed by atoms with E-state index in [4.69, 9.17) is 0 Å². The predicted octanol–water partition coefficient (Wildman–Crippen LogP) is 3.17. The summed E-state index contributed by atoms with van der Waals surface area (Å²) >= 11 is 0. The van der Waals surface area contributed by atoms with Gasteiger partial charge in [-0.25, -0.2) is 12.4 Å². The zero-order valence-corrected chi connectivity index (χ0v) is 13.5. The average molecular weight is 327 g/mol. The van der Waals surface area contributed by atoms with Gasteiger partial charge in [-0.1, -0.05) is 23.8 Å². The molecular formula is C18H17NO3S. The van der Waals surface area contributed by atoms with Gasteiger partial charge in [0.05, 0.1) is 16.5 Å². The summed E-state index contributed by atoms with van der Waals surface area (Å²) in [5, 5.41) is 10.9. The summed E-state index contributed by atoms with van der Waals surface area (Å²) in [4.78, 5) is 0.279. The molecule has 0 spiro atoms. The van der Waals surface area contributed by atoms with Crippen LogP contribution >= 0.6 is 0 Å². The smallest absolute Gasteiger partial charge is 0.268 e. The first kappa shape index (κ1) is 14.5. The highest BCUT2D eigenvalue weighted by Gasteiger charge is 2.25. The lowest BCUT2D eigenvalue weighted by Gasteiger charge is -2.09. The van der Waals surface area contributed by atoms with Gasteiger partial charge in [-0.05, 0) is 55.2 Å². The first-order chi connectivity index (χ1) is 11.0. The maximum Gasteiger partial charge on any atom is 0.268 e. The van der Waals surface area contributed by atoms with Gasteiger partial charge in [0.1, 0.15) is 0 Å². The summed E-state index contributed by atoms with van der Waals surface area (Å²) in [5.41, 5.74) is 3.67. The van der Waals surface area contributed by atoms with Crippen LogP contribution in [0.25, 0.3) is 10.9 Å². The minimum atomic E-state index is -3.62. The summed E-state index contributed by atoms with van der Waals surface area (Å²) in [6, 6.07) is 12.3. The van der Waals surface area contributed by atoms with Crippen LogP contribution in [0, 0.1) is 6.92 Å². The highest BCUT2D eigenvalue weighted by atomic mass is 32.2. The van der Waals surface area contributed by atoms with Crippen LogP contribution in [0.5, 0.6) is 0 Å². The molecule has 0 saturated carbocycles. The Balaban J connectivity index is 1.92. The number of aliphatic hydroxyl groups excluding tert-OH is 1. The third-order valence-corrected chi connectivity index (χ3v) is 6.29. The predicted molar refractivity (Wildman–Crippen MR) is 89.0 cm³/mol. The minimum absolute atomic E-state index is 0.279. The van der Waals surface area contributed by atoms with Crippen LogP contribution in [0.4, 0.5) is 0 Å². The normalized spacial score (nSPS) is 17.6. The van der Waals surface area contributed by atoms with E-state index in [1.807, 2.05) is 19.1 Å². The molecule has 0 radical (unpaired) electrons. The molecule has 1 aromatic heterocycles. The molecule has 1 aliphatic carbocycles. The van der Waals surface area contributed by atoms with Crippen molar-refractivity contribution in [3.05, 3.63) is 65.4 Å². The summed E-state index contributed by atoms with van der Waals surface area (Å²) in [6.45, 7) is 1.93. The molecule has 4 rings (SSSR count). The van der Waals surface area contributed by atoms with Crippen molar-refractivity contribution < 1.29 is 13.5 Å². The van der Waals surface area contributed by atoms with Crippen molar-refractivity contribution in [2.24, 2.45) is 0 Å². The molecule has 1 N–H and O–H groups in total. The SMILES string of the molecule is Cc1ccc(S(=O)(=O)n2ccc3c4c(ccc32)[C@@H](O)CC4)cc1. The third-order valence-electron chi connectivity index (χ3n) is 4.59.